The van der Waals surface area contributed by atoms with Crippen molar-refractivity contribution < 1.29 is 32.3 Å². The molecule has 2 heterocycles. The maximum Gasteiger partial charge on any atom is 0.416 e. The number of hydrogen-bond acceptors (Lipinski definition) is 6. The topological polar surface area (TPSA) is 114 Å². The molecule has 0 saturated carbocycles. The van der Waals surface area contributed by atoms with E-state index < -0.39 is 35.4 Å². The molecule has 2 aromatic carbocycles. The Morgan fingerprint density at radius 2 is 1.76 bits per heavy atom. The highest BCUT2D eigenvalue weighted by Gasteiger charge is 2.31. The van der Waals surface area contributed by atoms with Crippen LogP contribution in [0.2, 0.25) is 0 Å². The Morgan fingerprint density at radius 1 is 1.04 bits per heavy atom. The highest BCUT2D eigenvalue weighted by Crippen LogP contribution is 2.34. The molecule has 238 valence electrons. The first-order valence-corrected chi connectivity index (χ1v) is 14.5. The third kappa shape index (κ3) is 8.90. The van der Waals surface area contributed by atoms with Crippen LogP contribution in [0.4, 0.5) is 18.0 Å². The molecule has 2 N–H and O–H groups in total. The molecule has 1 aliphatic heterocycles. The number of halogens is 3. The third-order valence-electron chi connectivity index (χ3n) is 7.16. The molecule has 0 bridgehead atoms. The SMILES string of the molecule is CC(=O)N1CC=C(c2nccc(C(=O)N[C@H](C)c3ccc(-c4cc(C(F)(F)F)ccc4CNC(=O)OC(C)(C)C)cc3)n2)CC1. The van der Waals surface area contributed by atoms with Crippen LogP contribution in [0.3, 0.4) is 0 Å². The van der Waals surface area contributed by atoms with Crippen molar-refractivity contribution in [2.24, 2.45) is 0 Å². The van der Waals surface area contributed by atoms with Gasteiger partial charge in [-0.25, -0.2) is 14.8 Å². The van der Waals surface area contributed by atoms with Crippen LogP contribution in [0.5, 0.6) is 0 Å². The Hall–Kier alpha value is -4.74. The lowest BCUT2D eigenvalue weighted by Gasteiger charge is -2.24. The first-order valence-electron chi connectivity index (χ1n) is 14.5. The second-order valence-corrected chi connectivity index (χ2v) is 11.8. The zero-order chi connectivity index (χ0) is 32.9. The number of ether oxygens (including phenoxy) is 1. The monoisotopic (exact) mass is 623 g/mol. The summed E-state index contributed by atoms with van der Waals surface area (Å²) in [5.74, 6) is 0.0122. The van der Waals surface area contributed by atoms with Crippen LogP contribution in [-0.4, -0.2) is 51.5 Å². The minimum atomic E-state index is -4.55. The fourth-order valence-corrected chi connectivity index (χ4v) is 4.76. The molecule has 3 amide bonds. The lowest BCUT2D eigenvalue weighted by molar-refractivity contribution is -0.137. The standard InChI is InChI=1S/C33H36F3N5O4/c1-20(39-30(43)28-12-15-37-29(40-28)24-13-16-41(17-14-24)21(2)42)22-6-8-23(9-7-22)27-18-26(33(34,35)36)11-10-25(27)19-38-31(44)45-32(3,4)5/h6-13,15,18,20H,14,16-17,19H2,1-5H3,(H,38,44)(H,39,43)/t20-/m1/s1. The van der Waals surface area contributed by atoms with Gasteiger partial charge in [-0.2, -0.15) is 13.2 Å². The molecule has 3 aromatic rings. The fraction of sp³-hybridized carbons (Fsp3) is 0.364. The quantitative estimate of drug-likeness (QED) is 0.319. The third-order valence-corrected chi connectivity index (χ3v) is 7.16. The average Bonchev–Trinajstić information content (AvgIpc) is 2.98. The zero-order valence-corrected chi connectivity index (χ0v) is 25.8. The van der Waals surface area contributed by atoms with Crippen molar-refractivity contribution >= 4 is 23.5 Å². The highest BCUT2D eigenvalue weighted by molar-refractivity contribution is 5.92. The smallest absolute Gasteiger partial charge is 0.416 e. The van der Waals surface area contributed by atoms with E-state index in [1.54, 1.807) is 56.9 Å². The minimum Gasteiger partial charge on any atom is -0.444 e. The molecule has 1 aliphatic rings. The number of carbonyl (C=O) groups is 3. The minimum absolute atomic E-state index is 0.00756. The van der Waals surface area contributed by atoms with E-state index in [1.165, 1.54) is 25.3 Å². The Morgan fingerprint density at radius 3 is 2.36 bits per heavy atom. The summed E-state index contributed by atoms with van der Waals surface area (Å²) in [4.78, 5) is 47.3. The van der Waals surface area contributed by atoms with Gasteiger partial charge in [0.25, 0.3) is 5.91 Å². The predicted octanol–water partition coefficient (Wildman–Crippen LogP) is 6.31. The number of nitrogens with one attached hydrogen (secondary N) is 2. The second-order valence-electron chi connectivity index (χ2n) is 11.8. The Bertz CT molecular complexity index is 1600. The zero-order valence-electron chi connectivity index (χ0n) is 25.8. The van der Waals surface area contributed by atoms with Gasteiger partial charge in [-0.05, 0) is 80.1 Å². The summed E-state index contributed by atoms with van der Waals surface area (Å²) in [5, 5.41) is 5.51. The number of rotatable bonds is 7. The van der Waals surface area contributed by atoms with Gasteiger partial charge in [-0.3, -0.25) is 9.59 Å². The average molecular weight is 624 g/mol. The number of nitrogens with zero attached hydrogens (tertiary/aromatic N) is 3. The summed E-state index contributed by atoms with van der Waals surface area (Å²) in [6, 6.07) is 11.2. The van der Waals surface area contributed by atoms with Gasteiger partial charge in [-0.1, -0.05) is 36.4 Å². The second kappa shape index (κ2) is 13.5. The van der Waals surface area contributed by atoms with Crippen LogP contribution in [0, 0.1) is 0 Å². The molecule has 4 rings (SSSR count). The van der Waals surface area contributed by atoms with Crippen molar-refractivity contribution in [3.63, 3.8) is 0 Å². The number of amides is 3. The highest BCUT2D eigenvalue weighted by atomic mass is 19.4. The van der Waals surface area contributed by atoms with Gasteiger partial charge >= 0.3 is 12.3 Å². The van der Waals surface area contributed by atoms with E-state index in [-0.39, 0.29) is 18.1 Å². The maximum absolute atomic E-state index is 13.6. The van der Waals surface area contributed by atoms with Crippen LogP contribution in [0.1, 0.15) is 80.1 Å². The lowest BCUT2D eigenvalue weighted by atomic mass is 9.95. The molecule has 0 saturated heterocycles. The van der Waals surface area contributed by atoms with Gasteiger partial charge in [0, 0.05) is 32.8 Å². The van der Waals surface area contributed by atoms with Gasteiger partial charge in [0.15, 0.2) is 5.82 Å². The van der Waals surface area contributed by atoms with E-state index in [9.17, 15) is 27.6 Å². The maximum atomic E-state index is 13.6. The van der Waals surface area contributed by atoms with Crippen LogP contribution >= 0.6 is 0 Å². The van der Waals surface area contributed by atoms with Gasteiger partial charge in [-0.15, -0.1) is 0 Å². The van der Waals surface area contributed by atoms with E-state index in [2.05, 4.69) is 20.6 Å². The van der Waals surface area contributed by atoms with E-state index in [0.717, 1.165) is 23.3 Å². The number of alkyl carbamates (subject to hydrolysis) is 1. The largest absolute Gasteiger partial charge is 0.444 e. The van der Waals surface area contributed by atoms with Crippen molar-refractivity contribution in [1.82, 2.24) is 25.5 Å². The Kier molecular flexibility index (Phi) is 9.94. The first-order chi connectivity index (χ1) is 21.1. The molecule has 0 aliphatic carbocycles. The molecule has 12 heteroatoms. The van der Waals surface area contributed by atoms with E-state index in [1.807, 2.05) is 6.08 Å². The Labute approximate surface area is 259 Å². The van der Waals surface area contributed by atoms with Gasteiger partial charge < -0.3 is 20.3 Å². The summed E-state index contributed by atoms with van der Waals surface area (Å²) in [6.45, 7) is 9.42. The fourth-order valence-electron chi connectivity index (χ4n) is 4.76. The molecule has 0 fully saturated rings. The number of carbonyl (C=O) groups excluding carboxylic acids is 3. The lowest BCUT2D eigenvalue weighted by Crippen LogP contribution is -2.33. The molecule has 1 aromatic heterocycles. The molecule has 9 nitrogen and oxygen atoms in total. The van der Waals surface area contributed by atoms with Gasteiger partial charge in [0.05, 0.1) is 11.6 Å². The summed E-state index contributed by atoms with van der Waals surface area (Å²) in [7, 11) is 0. The summed E-state index contributed by atoms with van der Waals surface area (Å²) < 4.78 is 45.9. The molecule has 1 atom stereocenters. The van der Waals surface area contributed by atoms with Crippen molar-refractivity contribution in [3.8, 4) is 11.1 Å². The van der Waals surface area contributed by atoms with Crippen molar-refractivity contribution in [1.29, 1.82) is 0 Å². The van der Waals surface area contributed by atoms with Crippen molar-refractivity contribution in [3.05, 3.63) is 89.0 Å². The summed E-state index contributed by atoms with van der Waals surface area (Å²) in [6.07, 6.45) is -1.25. The molecule has 0 spiro atoms. The van der Waals surface area contributed by atoms with E-state index in [0.29, 0.717) is 42.0 Å². The molecule has 0 radical (unpaired) electrons. The number of alkyl halides is 3. The molecular weight excluding hydrogens is 587 g/mol. The first kappa shape index (κ1) is 33.2. The van der Waals surface area contributed by atoms with Gasteiger partial charge in [0.2, 0.25) is 5.91 Å². The summed E-state index contributed by atoms with van der Waals surface area (Å²) >= 11 is 0. The molecule has 45 heavy (non-hydrogen) atoms. The predicted molar refractivity (Wildman–Crippen MR) is 163 cm³/mol. The number of benzene rings is 2. The van der Waals surface area contributed by atoms with Crippen LogP contribution < -0.4 is 10.6 Å². The number of hydrogen-bond donors (Lipinski definition) is 2. The molecular formula is C33H36F3N5O4. The Balaban J connectivity index is 1.48. The van der Waals surface area contributed by atoms with E-state index in [4.69, 9.17) is 4.74 Å². The van der Waals surface area contributed by atoms with Gasteiger partial charge in [0.1, 0.15) is 11.3 Å². The van der Waals surface area contributed by atoms with Crippen LogP contribution in [0.15, 0.2) is 60.8 Å². The van der Waals surface area contributed by atoms with E-state index >= 15 is 0 Å². The molecule has 0 unspecified atom stereocenters. The van der Waals surface area contributed by atoms with Crippen LogP contribution in [0.25, 0.3) is 16.7 Å². The van der Waals surface area contributed by atoms with Crippen molar-refractivity contribution in [2.75, 3.05) is 13.1 Å². The number of aromatic nitrogens is 2. The van der Waals surface area contributed by atoms with Crippen molar-refractivity contribution in [2.45, 2.75) is 65.4 Å². The van der Waals surface area contributed by atoms with Crippen LogP contribution in [-0.2, 0) is 22.3 Å². The summed E-state index contributed by atoms with van der Waals surface area (Å²) in [5.41, 5.74) is 1.52. The normalized spacial score (nSPS) is 14.3.